The Morgan fingerprint density at radius 2 is 2.13 bits per heavy atom. The minimum absolute atomic E-state index is 0.460. The van der Waals surface area contributed by atoms with E-state index >= 15 is 0 Å². The fourth-order valence-electron chi connectivity index (χ4n) is 1.26. The Balaban J connectivity index is 2.72. The van der Waals surface area contributed by atoms with Crippen molar-refractivity contribution in [3.05, 3.63) is 41.8 Å². The number of benzene rings is 1. The first-order valence-electron chi connectivity index (χ1n) is 4.75. The van der Waals surface area contributed by atoms with Gasteiger partial charge >= 0.3 is 5.97 Å². The largest absolute Gasteiger partial charge is 0.481 e. The number of rotatable bonds is 4. The number of carbonyl (C=O) groups is 1. The number of carboxylic acid groups (broad SMARTS) is 1. The molecule has 3 heteroatoms. The van der Waals surface area contributed by atoms with Gasteiger partial charge in [-0.1, -0.05) is 19.1 Å². The summed E-state index contributed by atoms with van der Waals surface area (Å²) < 4.78 is 0. The van der Waals surface area contributed by atoms with Crippen molar-refractivity contribution in [1.82, 2.24) is 0 Å². The highest BCUT2D eigenvalue weighted by Crippen LogP contribution is 2.15. The molecular weight excluding hydrogens is 190 g/mol. The van der Waals surface area contributed by atoms with E-state index in [1.165, 1.54) is 0 Å². The smallest absolute Gasteiger partial charge is 0.307 e. The van der Waals surface area contributed by atoms with Gasteiger partial charge in [0, 0.05) is 6.42 Å². The Hall–Kier alpha value is -1.82. The highest BCUT2D eigenvalue weighted by atomic mass is 16.4. The van der Waals surface area contributed by atoms with Crippen LogP contribution >= 0.6 is 0 Å². The summed E-state index contributed by atoms with van der Waals surface area (Å²) in [4.78, 5) is 10.8. The van der Waals surface area contributed by atoms with Crippen LogP contribution in [-0.2, 0) is 4.79 Å². The Bertz CT molecular complexity index is 376. The fourth-order valence-corrected chi connectivity index (χ4v) is 1.26. The summed E-state index contributed by atoms with van der Waals surface area (Å²) in [5.41, 5.74) is 1.42. The fraction of sp³-hybridized carbons (Fsp3) is 0.250. The van der Waals surface area contributed by atoms with Crippen molar-refractivity contribution in [2.45, 2.75) is 13.3 Å². The molecule has 15 heavy (non-hydrogen) atoms. The first-order valence-corrected chi connectivity index (χ1v) is 4.75. The number of hydrogen-bond donors (Lipinski definition) is 1. The van der Waals surface area contributed by atoms with Crippen molar-refractivity contribution in [3.8, 4) is 6.07 Å². The third-order valence-corrected chi connectivity index (χ3v) is 2.19. The van der Waals surface area contributed by atoms with Gasteiger partial charge in [0.15, 0.2) is 0 Å². The second-order valence-corrected chi connectivity index (χ2v) is 3.25. The lowest BCUT2D eigenvalue weighted by Gasteiger charge is -2.08. The molecule has 0 aliphatic rings. The second kappa shape index (κ2) is 5.16. The molecule has 0 saturated heterocycles. The van der Waals surface area contributed by atoms with Crippen molar-refractivity contribution in [2.24, 2.45) is 5.92 Å². The standard InChI is InChI=1S/C12H12NO2/c1-2-11(12(14)15)7-9-3-5-10(8-13)6-4-9/h3-7,11H,2H2,1H3,(H,14,15). The van der Waals surface area contributed by atoms with Gasteiger partial charge in [-0.15, -0.1) is 0 Å². The molecule has 0 heterocycles. The molecule has 0 amide bonds. The molecular formula is C12H12NO2. The van der Waals surface area contributed by atoms with E-state index in [1.807, 2.05) is 13.0 Å². The number of nitriles is 1. The summed E-state index contributed by atoms with van der Waals surface area (Å²) in [5.74, 6) is -1.28. The molecule has 1 aromatic rings. The van der Waals surface area contributed by atoms with E-state index in [0.717, 1.165) is 5.56 Å². The molecule has 0 aliphatic heterocycles. The molecule has 0 bridgehead atoms. The normalized spacial score (nSPS) is 11.7. The van der Waals surface area contributed by atoms with Crippen LogP contribution in [0.25, 0.3) is 0 Å². The second-order valence-electron chi connectivity index (χ2n) is 3.25. The van der Waals surface area contributed by atoms with Crippen molar-refractivity contribution in [3.63, 3.8) is 0 Å². The minimum Gasteiger partial charge on any atom is -0.481 e. The number of aliphatic carboxylic acids is 1. The Morgan fingerprint density at radius 3 is 2.53 bits per heavy atom. The highest BCUT2D eigenvalue weighted by molar-refractivity contribution is 5.72. The molecule has 77 valence electrons. The van der Waals surface area contributed by atoms with E-state index in [1.54, 1.807) is 30.7 Å². The van der Waals surface area contributed by atoms with Gasteiger partial charge < -0.3 is 5.11 Å². The first-order chi connectivity index (χ1) is 7.17. The van der Waals surface area contributed by atoms with Crippen LogP contribution < -0.4 is 0 Å². The van der Waals surface area contributed by atoms with Gasteiger partial charge in [-0.05, 0) is 24.1 Å². The maximum atomic E-state index is 10.8. The molecule has 1 unspecified atom stereocenters. The predicted octanol–water partition coefficient (Wildman–Crippen LogP) is 2.22. The molecule has 0 aromatic heterocycles. The van der Waals surface area contributed by atoms with Crippen molar-refractivity contribution in [1.29, 1.82) is 5.26 Å². The average molecular weight is 202 g/mol. The average Bonchev–Trinajstić information content (AvgIpc) is 2.26. The molecule has 1 aromatic carbocycles. The Morgan fingerprint density at radius 1 is 1.53 bits per heavy atom. The van der Waals surface area contributed by atoms with Gasteiger partial charge in [0.2, 0.25) is 0 Å². The zero-order chi connectivity index (χ0) is 11.3. The summed E-state index contributed by atoms with van der Waals surface area (Å²) in [6.45, 7) is 1.83. The summed E-state index contributed by atoms with van der Waals surface area (Å²) in [7, 11) is 0. The van der Waals surface area contributed by atoms with Crippen LogP contribution in [0.1, 0.15) is 24.5 Å². The molecule has 3 nitrogen and oxygen atoms in total. The van der Waals surface area contributed by atoms with Gasteiger partial charge in [-0.2, -0.15) is 5.26 Å². The van der Waals surface area contributed by atoms with Gasteiger partial charge in [0.1, 0.15) is 0 Å². The van der Waals surface area contributed by atoms with Crippen LogP contribution in [0, 0.1) is 23.7 Å². The van der Waals surface area contributed by atoms with Crippen LogP contribution in [0.4, 0.5) is 0 Å². The summed E-state index contributed by atoms with van der Waals surface area (Å²) in [6.07, 6.45) is 2.26. The molecule has 1 rings (SSSR count). The number of hydrogen-bond acceptors (Lipinski definition) is 2. The molecule has 1 N–H and O–H groups in total. The quantitative estimate of drug-likeness (QED) is 0.814. The van der Waals surface area contributed by atoms with Gasteiger partial charge in [0.05, 0.1) is 17.6 Å². The van der Waals surface area contributed by atoms with Crippen molar-refractivity contribution >= 4 is 5.97 Å². The SMILES string of the molecule is CCC([CH]c1ccc(C#N)cc1)C(=O)O. The molecule has 1 atom stereocenters. The van der Waals surface area contributed by atoms with Gasteiger partial charge in [0.25, 0.3) is 0 Å². The Labute approximate surface area is 89.0 Å². The number of carboxylic acids is 1. The van der Waals surface area contributed by atoms with E-state index < -0.39 is 11.9 Å². The zero-order valence-electron chi connectivity index (χ0n) is 8.47. The summed E-state index contributed by atoms with van der Waals surface area (Å²) >= 11 is 0. The van der Waals surface area contributed by atoms with Gasteiger partial charge in [-0.3, -0.25) is 4.79 Å². The lowest BCUT2D eigenvalue weighted by molar-refractivity contribution is -0.140. The third-order valence-electron chi connectivity index (χ3n) is 2.19. The maximum Gasteiger partial charge on any atom is 0.307 e. The molecule has 0 aliphatic carbocycles. The lowest BCUT2D eigenvalue weighted by Crippen LogP contribution is -2.13. The predicted molar refractivity (Wildman–Crippen MR) is 56.0 cm³/mol. The summed E-state index contributed by atoms with van der Waals surface area (Å²) in [5, 5.41) is 17.4. The van der Waals surface area contributed by atoms with E-state index in [9.17, 15) is 4.79 Å². The topological polar surface area (TPSA) is 61.1 Å². The van der Waals surface area contributed by atoms with Crippen LogP contribution in [-0.4, -0.2) is 11.1 Å². The van der Waals surface area contributed by atoms with Crippen LogP contribution in [0.5, 0.6) is 0 Å². The van der Waals surface area contributed by atoms with Crippen LogP contribution in [0.2, 0.25) is 0 Å². The van der Waals surface area contributed by atoms with Gasteiger partial charge in [-0.25, -0.2) is 0 Å². The molecule has 1 radical (unpaired) electrons. The zero-order valence-corrected chi connectivity index (χ0v) is 8.47. The molecule has 0 spiro atoms. The first kappa shape index (κ1) is 11.3. The minimum atomic E-state index is -0.818. The van der Waals surface area contributed by atoms with E-state index in [4.69, 9.17) is 10.4 Å². The third kappa shape index (κ3) is 3.10. The summed E-state index contributed by atoms with van der Waals surface area (Å²) in [6, 6.07) is 8.88. The highest BCUT2D eigenvalue weighted by Gasteiger charge is 2.15. The Kier molecular flexibility index (Phi) is 3.87. The monoisotopic (exact) mass is 202 g/mol. The lowest BCUT2D eigenvalue weighted by atomic mass is 9.96. The maximum absolute atomic E-state index is 10.8. The van der Waals surface area contributed by atoms with E-state index in [2.05, 4.69) is 0 Å². The van der Waals surface area contributed by atoms with E-state index in [-0.39, 0.29) is 0 Å². The van der Waals surface area contributed by atoms with Crippen molar-refractivity contribution < 1.29 is 9.90 Å². The molecule has 0 fully saturated rings. The van der Waals surface area contributed by atoms with E-state index in [0.29, 0.717) is 12.0 Å². The van der Waals surface area contributed by atoms with Crippen LogP contribution in [0.3, 0.4) is 0 Å². The van der Waals surface area contributed by atoms with Crippen LogP contribution in [0.15, 0.2) is 24.3 Å². The molecule has 0 saturated carbocycles. The number of nitrogens with zero attached hydrogens (tertiary/aromatic N) is 1. The van der Waals surface area contributed by atoms with Crippen molar-refractivity contribution in [2.75, 3.05) is 0 Å².